The lowest BCUT2D eigenvalue weighted by molar-refractivity contribution is 0.173. The summed E-state index contributed by atoms with van der Waals surface area (Å²) in [6.45, 7) is 2.21. The van der Waals surface area contributed by atoms with Crippen molar-refractivity contribution in [1.82, 2.24) is 5.01 Å². The Balaban J connectivity index is 2.02. The topological polar surface area (TPSA) is 41.6 Å². The molecular weight excluding hydrogens is 150 g/mol. The molecule has 0 aromatic heterocycles. The van der Waals surface area contributed by atoms with Gasteiger partial charge in [-0.3, -0.25) is 5.01 Å². The Hall–Kier alpha value is -0.730. The van der Waals surface area contributed by atoms with Gasteiger partial charge in [-0.2, -0.15) is 5.10 Å². The van der Waals surface area contributed by atoms with Crippen LogP contribution >= 0.6 is 0 Å². The summed E-state index contributed by atoms with van der Waals surface area (Å²) in [5, 5.41) is 6.60. The molecule has 0 radical (unpaired) electrons. The Morgan fingerprint density at radius 2 is 2.08 bits per heavy atom. The molecule has 1 atom stereocenters. The SMILES string of the molecule is CC1CC(N)=NN1C1CCCC1. The van der Waals surface area contributed by atoms with Crippen LogP contribution in [-0.4, -0.2) is 22.9 Å². The second-order valence-electron chi connectivity index (χ2n) is 3.96. The average molecular weight is 167 g/mol. The lowest BCUT2D eigenvalue weighted by Gasteiger charge is -2.26. The summed E-state index contributed by atoms with van der Waals surface area (Å²) in [5.41, 5.74) is 5.69. The van der Waals surface area contributed by atoms with Crippen molar-refractivity contribution >= 4 is 5.84 Å². The highest BCUT2D eigenvalue weighted by Gasteiger charge is 2.29. The first-order valence-electron chi connectivity index (χ1n) is 4.88. The zero-order chi connectivity index (χ0) is 8.55. The lowest BCUT2D eigenvalue weighted by Crippen LogP contribution is -2.32. The van der Waals surface area contributed by atoms with Gasteiger partial charge in [0, 0.05) is 12.5 Å². The molecule has 2 N–H and O–H groups in total. The first kappa shape index (κ1) is 7.90. The molecule has 0 saturated heterocycles. The third-order valence-corrected chi connectivity index (χ3v) is 2.90. The van der Waals surface area contributed by atoms with Crippen LogP contribution in [-0.2, 0) is 0 Å². The van der Waals surface area contributed by atoms with Gasteiger partial charge in [-0.1, -0.05) is 12.8 Å². The highest BCUT2D eigenvalue weighted by Crippen LogP contribution is 2.28. The molecule has 0 spiro atoms. The van der Waals surface area contributed by atoms with Crippen molar-refractivity contribution in [3.8, 4) is 0 Å². The lowest BCUT2D eigenvalue weighted by atomic mass is 10.2. The van der Waals surface area contributed by atoms with Crippen molar-refractivity contribution in [2.24, 2.45) is 10.8 Å². The van der Waals surface area contributed by atoms with Crippen LogP contribution in [0.4, 0.5) is 0 Å². The van der Waals surface area contributed by atoms with Crippen LogP contribution in [0, 0.1) is 0 Å². The van der Waals surface area contributed by atoms with E-state index in [-0.39, 0.29) is 0 Å². The third-order valence-electron chi connectivity index (χ3n) is 2.90. The Morgan fingerprint density at radius 3 is 2.58 bits per heavy atom. The van der Waals surface area contributed by atoms with Crippen LogP contribution < -0.4 is 5.73 Å². The summed E-state index contributed by atoms with van der Waals surface area (Å²) in [5.74, 6) is 0.814. The Kier molecular flexibility index (Phi) is 1.95. The summed E-state index contributed by atoms with van der Waals surface area (Å²) >= 11 is 0. The van der Waals surface area contributed by atoms with Crippen LogP contribution in [0.15, 0.2) is 5.10 Å². The standard InChI is InChI=1S/C9H17N3/c1-7-6-9(10)11-12(7)8-4-2-3-5-8/h7-8H,2-6H2,1H3,(H2,10,11). The van der Waals surface area contributed by atoms with Crippen LogP contribution in [0.1, 0.15) is 39.0 Å². The molecule has 12 heavy (non-hydrogen) atoms. The van der Waals surface area contributed by atoms with Crippen molar-refractivity contribution < 1.29 is 0 Å². The molecule has 1 heterocycles. The van der Waals surface area contributed by atoms with E-state index in [0.29, 0.717) is 12.1 Å². The molecule has 68 valence electrons. The number of nitrogens with two attached hydrogens (primary N) is 1. The highest BCUT2D eigenvalue weighted by atomic mass is 15.5. The smallest absolute Gasteiger partial charge is 0.121 e. The summed E-state index contributed by atoms with van der Waals surface area (Å²) in [6, 6.07) is 1.22. The zero-order valence-electron chi connectivity index (χ0n) is 7.66. The predicted molar refractivity (Wildman–Crippen MR) is 49.8 cm³/mol. The van der Waals surface area contributed by atoms with Crippen LogP contribution in [0.2, 0.25) is 0 Å². The molecule has 1 aliphatic heterocycles. The van der Waals surface area contributed by atoms with Gasteiger partial charge in [0.1, 0.15) is 5.84 Å². The predicted octanol–water partition coefficient (Wildman–Crippen LogP) is 1.30. The molecule has 0 amide bonds. The van der Waals surface area contributed by atoms with Gasteiger partial charge in [0.25, 0.3) is 0 Å². The molecule has 1 unspecified atom stereocenters. The fourth-order valence-electron chi connectivity index (χ4n) is 2.29. The largest absolute Gasteiger partial charge is 0.386 e. The molecule has 1 fully saturated rings. The van der Waals surface area contributed by atoms with Crippen LogP contribution in [0.25, 0.3) is 0 Å². The van der Waals surface area contributed by atoms with Crippen molar-refractivity contribution in [2.45, 2.75) is 51.1 Å². The van der Waals surface area contributed by atoms with E-state index in [1.807, 2.05) is 0 Å². The minimum Gasteiger partial charge on any atom is -0.386 e. The number of hydrogen-bond donors (Lipinski definition) is 1. The van der Waals surface area contributed by atoms with Gasteiger partial charge < -0.3 is 5.73 Å². The van der Waals surface area contributed by atoms with E-state index in [1.165, 1.54) is 25.7 Å². The van der Waals surface area contributed by atoms with Crippen molar-refractivity contribution in [3.63, 3.8) is 0 Å². The van der Waals surface area contributed by atoms with Gasteiger partial charge in [-0.25, -0.2) is 0 Å². The summed E-state index contributed by atoms with van der Waals surface area (Å²) < 4.78 is 0. The normalized spacial score (nSPS) is 31.2. The molecule has 2 rings (SSSR count). The van der Waals surface area contributed by atoms with Gasteiger partial charge in [-0.05, 0) is 19.8 Å². The molecule has 3 nitrogen and oxygen atoms in total. The van der Waals surface area contributed by atoms with Gasteiger partial charge in [0.15, 0.2) is 0 Å². The molecule has 3 heteroatoms. The molecule has 2 aliphatic rings. The van der Waals surface area contributed by atoms with Crippen molar-refractivity contribution in [3.05, 3.63) is 0 Å². The van der Waals surface area contributed by atoms with E-state index >= 15 is 0 Å². The fraction of sp³-hybridized carbons (Fsp3) is 0.889. The van der Waals surface area contributed by atoms with E-state index < -0.39 is 0 Å². The summed E-state index contributed by atoms with van der Waals surface area (Å²) in [7, 11) is 0. The van der Waals surface area contributed by atoms with Crippen LogP contribution in [0.5, 0.6) is 0 Å². The van der Waals surface area contributed by atoms with E-state index in [1.54, 1.807) is 0 Å². The minimum absolute atomic E-state index is 0.535. The maximum atomic E-state index is 5.69. The first-order valence-corrected chi connectivity index (χ1v) is 4.88. The number of hydrogen-bond acceptors (Lipinski definition) is 3. The molecule has 1 saturated carbocycles. The second-order valence-corrected chi connectivity index (χ2v) is 3.96. The van der Waals surface area contributed by atoms with E-state index in [2.05, 4.69) is 17.0 Å². The monoisotopic (exact) mass is 167 g/mol. The Bertz CT molecular complexity index is 194. The van der Waals surface area contributed by atoms with Crippen molar-refractivity contribution in [1.29, 1.82) is 0 Å². The molecule has 0 aromatic carbocycles. The number of amidine groups is 1. The zero-order valence-corrected chi connectivity index (χ0v) is 7.66. The maximum Gasteiger partial charge on any atom is 0.121 e. The van der Waals surface area contributed by atoms with Gasteiger partial charge in [0.05, 0.1) is 6.04 Å². The van der Waals surface area contributed by atoms with E-state index in [9.17, 15) is 0 Å². The second kappa shape index (κ2) is 2.96. The quantitative estimate of drug-likeness (QED) is 0.639. The summed E-state index contributed by atoms with van der Waals surface area (Å²) in [6.07, 6.45) is 6.30. The molecule has 0 aromatic rings. The number of hydrazone groups is 1. The minimum atomic E-state index is 0.535. The van der Waals surface area contributed by atoms with Gasteiger partial charge >= 0.3 is 0 Å². The average Bonchev–Trinajstić information content (AvgIpc) is 2.58. The van der Waals surface area contributed by atoms with Gasteiger partial charge in [0.2, 0.25) is 0 Å². The molecule has 1 aliphatic carbocycles. The Morgan fingerprint density at radius 1 is 1.42 bits per heavy atom. The van der Waals surface area contributed by atoms with Gasteiger partial charge in [-0.15, -0.1) is 0 Å². The third kappa shape index (κ3) is 1.28. The van der Waals surface area contributed by atoms with E-state index in [4.69, 9.17) is 5.73 Å². The Labute approximate surface area is 73.6 Å². The molecule has 0 bridgehead atoms. The maximum absolute atomic E-state index is 5.69. The number of nitrogens with zero attached hydrogens (tertiary/aromatic N) is 2. The number of rotatable bonds is 1. The highest BCUT2D eigenvalue weighted by molar-refractivity contribution is 5.82. The fourth-order valence-corrected chi connectivity index (χ4v) is 2.29. The summed E-state index contributed by atoms with van der Waals surface area (Å²) in [4.78, 5) is 0. The molecular formula is C9H17N3. The van der Waals surface area contributed by atoms with Crippen LogP contribution in [0.3, 0.4) is 0 Å². The van der Waals surface area contributed by atoms with E-state index in [0.717, 1.165) is 12.3 Å². The first-order chi connectivity index (χ1) is 5.77. The van der Waals surface area contributed by atoms with Crippen molar-refractivity contribution in [2.75, 3.05) is 0 Å².